The van der Waals surface area contributed by atoms with Gasteiger partial charge < -0.3 is 5.32 Å². The maximum atomic E-state index is 12.4. The largest absolute Gasteiger partial charge is 0.326 e. The Balaban J connectivity index is 2.34. The van der Waals surface area contributed by atoms with Crippen LogP contribution in [0.4, 0.5) is 4.79 Å². The Kier molecular flexibility index (Phi) is 3.50. The lowest BCUT2D eigenvalue weighted by atomic mass is 9.92. The average molecular weight is 277 g/mol. The standard InChI is InChI=1S/C14H13ClN2O2/c1-3-4-9-17-12(18)14(2,16-13(17)19)10-5-7-11(15)8-6-10/h5-8H,9H2,1-2H3,(H,16,19). The first-order valence-electron chi connectivity index (χ1n) is 5.79. The number of carbonyl (C=O) groups excluding carboxylic acids is 2. The van der Waals surface area contributed by atoms with Gasteiger partial charge in [0, 0.05) is 5.02 Å². The van der Waals surface area contributed by atoms with Gasteiger partial charge in [-0.2, -0.15) is 0 Å². The number of nitrogens with zero attached hydrogens (tertiary/aromatic N) is 1. The van der Waals surface area contributed by atoms with Crippen molar-refractivity contribution in [2.75, 3.05) is 6.54 Å². The third-order valence-electron chi connectivity index (χ3n) is 3.11. The summed E-state index contributed by atoms with van der Waals surface area (Å²) < 4.78 is 0. The summed E-state index contributed by atoms with van der Waals surface area (Å²) in [6.07, 6.45) is 0. The highest BCUT2D eigenvalue weighted by Crippen LogP contribution is 2.29. The van der Waals surface area contributed by atoms with Gasteiger partial charge in [0.25, 0.3) is 5.91 Å². The van der Waals surface area contributed by atoms with E-state index < -0.39 is 11.6 Å². The molecule has 1 heterocycles. The fourth-order valence-electron chi connectivity index (χ4n) is 1.98. The summed E-state index contributed by atoms with van der Waals surface area (Å²) in [6, 6.07) is 6.42. The van der Waals surface area contributed by atoms with Gasteiger partial charge in [-0.05, 0) is 31.5 Å². The number of rotatable bonds is 2. The minimum absolute atomic E-state index is 0.102. The quantitative estimate of drug-likeness (QED) is 0.664. The minimum Gasteiger partial charge on any atom is -0.319 e. The molecule has 1 fully saturated rings. The van der Waals surface area contributed by atoms with E-state index in [1.807, 2.05) is 0 Å². The Bertz CT molecular complexity index is 586. The maximum absolute atomic E-state index is 12.4. The molecule has 0 aromatic heterocycles. The number of amides is 3. The van der Waals surface area contributed by atoms with Crippen LogP contribution in [0.1, 0.15) is 19.4 Å². The molecule has 0 bridgehead atoms. The van der Waals surface area contributed by atoms with E-state index in [0.29, 0.717) is 10.6 Å². The Morgan fingerprint density at radius 1 is 1.32 bits per heavy atom. The predicted octanol–water partition coefficient (Wildman–Crippen LogP) is 2.13. The number of benzene rings is 1. The number of hydrogen-bond acceptors (Lipinski definition) is 2. The molecule has 1 unspecified atom stereocenters. The van der Waals surface area contributed by atoms with Gasteiger partial charge in [-0.3, -0.25) is 9.69 Å². The molecule has 1 aliphatic rings. The number of carbonyl (C=O) groups is 2. The SMILES string of the molecule is CC#CCN1C(=O)NC(C)(c2ccc(Cl)cc2)C1=O. The Morgan fingerprint density at radius 3 is 2.53 bits per heavy atom. The Hall–Kier alpha value is -1.99. The molecule has 3 amide bonds. The highest BCUT2D eigenvalue weighted by Gasteiger charge is 2.48. The van der Waals surface area contributed by atoms with Gasteiger partial charge in [-0.1, -0.05) is 29.7 Å². The van der Waals surface area contributed by atoms with Crippen LogP contribution in [0.3, 0.4) is 0 Å². The first kappa shape index (κ1) is 13.4. The van der Waals surface area contributed by atoms with E-state index in [9.17, 15) is 9.59 Å². The number of imide groups is 1. The van der Waals surface area contributed by atoms with E-state index in [1.54, 1.807) is 38.1 Å². The van der Waals surface area contributed by atoms with Crippen molar-refractivity contribution in [3.05, 3.63) is 34.9 Å². The zero-order chi connectivity index (χ0) is 14.0. The lowest BCUT2D eigenvalue weighted by Crippen LogP contribution is -2.40. The summed E-state index contributed by atoms with van der Waals surface area (Å²) in [7, 11) is 0. The minimum atomic E-state index is -1.06. The molecule has 1 aromatic rings. The number of nitrogens with one attached hydrogen (secondary N) is 1. The first-order valence-corrected chi connectivity index (χ1v) is 6.16. The number of hydrogen-bond donors (Lipinski definition) is 1. The molecular weight excluding hydrogens is 264 g/mol. The van der Waals surface area contributed by atoms with Crippen LogP contribution >= 0.6 is 11.6 Å². The summed E-state index contributed by atoms with van der Waals surface area (Å²) in [5.41, 5.74) is -0.362. The topological polar surface area (TPSA) is 49.4 Å². The lowest BCUT2D eigenvalue weighted by Gasteiger charge is -2.21. The molecule has 0 saturated carbocycles. The van der Waals surface area contributed by atoms with Crippen molar-refractivity contribution in [2.45, 2.75) is 19.4 Å². The van der Waals surface area contributed by atoms with E-state index in [1.165, 1.54) is 0 Å². The molecule has 1 aromatic carbocycles. The summed E-state index contributed by atoms with van der Waals surface area (Å²) in [5, 5.41) is 3.28. The maximum Gasteiger partial charge on any atom is 0.326 e. The monoisotopic (exact) mass is 276 g/mol. The van der Waals surface area contributed by atoms with Crippen molar-refractivity contribution in [3.63, 3.8) is 0 Å². The van der Waals surface area contributed by atoms with Crippen LogP contribution in [-0.4, -0.2) is 23.4 Å². The summed E-state index contributed by atoms with van der Waals surface area (Å²) >= 11 is 5.83. The molecule has 1 aliphatic heterocycles. The van der Waals surface area contributed by atoms with Gasteiger partial charge >= 0.3 is 6.03 Å². The first-order chi connectivity index (χ1) is 8.99. The Labute approximate surface area is 116 Å². The number of urea groups is 1. The fraction of sp³-hybridized carbons (Fsp3) is 0.286. The molecule has 4 nitrogen and oxygen atoms in total. The lowest BCUT2D eigenvalue weighted by molar-refractivity contribution is -0.130. The second-order valence-corrected chi connectivity index (χ2v) is 4.82. The fourth-order valence-corrected chi connectivity index (χ4v) is 2.10. The number of halogens is 1. The molecule has 19 heavy (non-hydrogen) atoms. The predicted molar refractivity (Wildman–Crippen MR) is 72.5 cm³/mol. The smallest absolute Gasteiger partial charge is 0.319 e. The van der Waals surface area contributed by atoms with Crippen LogP contribution in [0.2, 0.25) is 5.02 Å². The molecule has 5 heteroatoms. The van der Waals surface area contributed by atoms with Crippen LogP contribution in [0.5, 0.6) is 0 Å². The van der Waals surface area contributed by atoms with Crippen molar-refractivity contribution >= 4 is 23.5 Å². The zero-order valence-corrected chi connectivity index (χ0v) is 11.4. The van der Waals surface area contributed by atoms with Gasteiger partial charge in [0.15, 0.2) is 0 Å². The average Bonchev–Trinajstić information content (AvgIpc) is 2.60. The molecule has 0 radical (unpaired) electrons. The normalized spacial score (nSPS) is 21.9. The van der Waals surface area contributed by atoms with Gasteiger partial charge in [0.05, 0.1) is 6.54 Å². The third kappa shape index (κ3) is 2.29. The van der Waals surface area contributed by atoms with Crippen molar-refractivity contribution in [1.29, 1.82) is 0 Å². The van der Waals surface area contributed by atoms with Crippen molar-refractivity contribution < 1.29 is 9.59 Å². The van der Waals surface area contributed by atoms with Crippen LogP contribution in [0.15, 0.2) is 24.3 Å². The summed E-state index contributed by atoms with van der Waals surface area (Å²) in [5.74, 6) is 5.09. The van der Waals surface area contributed by atoms with Crippen LogP contribution in [0.25, 0.3) is 0 Å². The van der Waals surface area contributed by atoms with Crippen molar-refractivity contribution in [2.24, 2.45) is 0 Å². The van der Waals surface area contributed by atoms with Crippen LogP contribution in [-0.2, 0) is 10.3 Å². The van der Waals surface area contributed by atoms with Gasteiger partial charge in [0.1, 0.15) is 5.54 Å². The highest BCUT2D eigenvalue weighted by atomic mass is 35.5. The summed E-state index contributed by atoms with van der Waals surface area (Å²) in [4.78, 5) is 25.3. The van der Waals surface area contributed by atoms with Gasteiger partial charge in [0.2, 0.25) is 0 Å². The van der Waals surface area contributed by atoms with E-state index >= 15 is 0 Å². The molecular formula is C14H13ClN2O2. The Morgan fingerprint density at radius 2 is 1.95 bits per heavy atom. The zero-order valence-electron chi connectivity index (χ0n) is 10.7. The van der Waals surface area contributed by atoms with Gasteiger partial charge in [-0.15, -0.1) is 5.92 Å². The third-order valence-corrected chi connectivity index (χ3v) is 3.36. The molecule has 1 atom stereocenters. The molecule has 1 saturated heterocycles. The van der Waals surface area contributed by atoms with Crippen molar-refractivity contribution in [3.8, 4) is 11.8 Å². The van der Waals surface area contributed by atoms with Crippen LogP contribution < -0.4 is 5.32 Å². The van der Waals surface area contributed by atoms with Crippen LogP contribution in [0, 0.1) is 11.8 Å². The second kappa shape index (κ2) is 4.94. The molecule has 2 rings (SSSR count). The van der Waals surface area contributed by atoms with E-state index in [4.69, 9.17) is 11.6 Å². The second-order valence-electron chi connectivity index (χ2n) is 4.38. The van der Waals surface area contributed by atoms with Crippen molar-refractivity contribution in [1.82, 2.24) is 10.2 Å². The highest BCUT2D eigenvalue weighted by molar-refractivity contribution is 6.30. The molecule has 1 N–H and O–H groups in total. The molecule has 0 aliphatic carbocycles. The van der Waals surface area contributed by atoms with E-state index in [2.05, 4.69) is 17.2 Å². The molecule has 98 valence electrons. The summed E-state index contributed by atoms with van der Waals surface area (Å²) in [6.45, 7) is 3.44. The van der Waals surface area contributed by atoms with Gasteiger partial charge in [-0.25, -0.2) is 4.79 Å². The van der Waals surface area contributed by atoms with E-state index in [0.717, 1.165) is 4.90 Å². The van der Waals surface area contributed by atoms with E-state index in [-0.39, 0.29) is 12.5 Å². The molecule has 0 spiro atoms.